The average Bonchev–Trinajstić information content (AvgIpc) is 2.65. The molecule has 0 unspecified atom stereocenters. The van der Waals surface area contributed by atoms with E-state index in [0.717, 1.165) is 0 Å². The van der Waals surface area contributed by atoms with Crippen molar-refractivity contribution in [3.05, 3.63) is 46.4 Å². The summed E-state index contributed by atoms with van der Waals surface area (Å²) in [5, 5.41) is 11.2. The Balaban J connectivity index is 2.63. The van der Waals surface area contributed by atoms with Crippen molar-refractivity contribution in [2.24, 2.45) is 0 Å². The standard InChI is InChI=1S/C9H5N3O2/c10-5-7-3-1-2-4-8(7)12-6-9(13)14-11-12/h1-4,6H/p+1. The van der Waals surface area contributed by atoms with Crippen molar-refractivity contribution in [3.63, 3.8) is 0 Å². The minimum Gasteiger partial charge on any atom is -0.283 e. The van der Waals surface area contributed by atoms with E-state index >= 15 is 0 Å². The van der Waals surface area contributed by atoms with Crippen LogP contribution in [0.4, 0.5) is 0 Å². The van der Waals surface area contributed by atoms with Crippen molar-refractivity contribution in [1.29, 1.82) is 5.26 Å². The summed E-state index contributed by atoms with van der Waals surface area (Å²) in [4.78, 5) is 10.8. The first-order valence-corrected chi connectivity index (χ1v) is 3.91. The fourth-order valence-corrected chi connectivity index (χ4v) is 1.15. The zero-order chi connectivity index (χ0) is 9.97. The number of rotatable bonds is 1. The number of para-hydroxylation sites is 1. The molecule has 0 saturated carbocycles. The van der Waals surface area contributed by atoms with Gasteiger partial charge in [-0.15, -0.1) is 0 Å². The zero-order valence-corrected chi connectivity index (χ0v) is 7.10. The van der Waals surface area contributed by atoms with E-state index in [1.54, 1.807) is 24.3 Å². The van der Waals surface area contributed by atoms with E-state index in [-0.39, 0.29) is 0 Å². The third-order valence-electron chi connectivity index (χ3n) is 1.76. The van der Waals surface area contributed by atoms with Gasteiger partial charge in [0.2, 0.25) is 0 Å². The molecule has 5 heteroatoms. The molecule has 68 valence electrons. The smallest absolute Gasteiger partial charge is 0.283 e. The van der Waals surface area contributed by atoms with E-state index in [9.17, 15) is 4.79 Å². The number of aromatic amines is 1. The molecule has 1 aromatic carbocycles. The SMILES string of the molecule is N#Cc1ccccc1-[n+]1cc(=O)o[nH]1. The van der Waals surface area contributed by atoms with Crippen LogP contribution in [-0.2, 0) is 0 Å². The van der Waals surface area contributed by atoms with Crippen LogP contribution in [0.15, 0.2) is 39.8 Å². The summed E-state index contributed by atoms with van der Waals surface area (Å²) in [6, 6.07) is 8.91. The van der Waals surface area contributed by atoms with Gasteiger partial charge in [-0.05, 0) is 16.0 Å². The summed E-state index contributed by atoms with van der Waals surface area (Å²) in [6.07, 6.45) is 1.23. The quantitative estimate of drug-likeness (QED) is 0.646. The van der Waals surface area contributed by atoms with Gasteiger partial charge in [-0.25, -0.2) is 4.79 Å². The van der Waals surface area contributed by atoms with Gasteiger partial charge in [0.15, 0.2) is 0 Å². The van der Waals surface area contributed by atoms with Gasteiger partial charge in [-0.3, -0.25) is 4.52 Å². The number of nitrogens with one attached hydrogen (secondary N) is 1. The molecule has 14 heavy (non-hydrogen) atoms. The lowest BCUT2D eigenvalue weighted by Gasteiger charge is -1.90. The third kappa shape index (κ3) is 1.29. The highest BCUT2D eigenvalue weighted by Crippen LogP contribution is 2.04. The monoisotopic (exact) mass is 188 g/mol. The second-order valence-corrected chi connectivity index (χ2v) is 2.64. The minimum absolute atomic E-state index is 0.467. The Labute approximate surface area is 78.8 Å². The topological polar surface area (TPSA) is 73.7 Å². The van der Waals surface area contributed by atoms with Crippen molar-refractivity contribution in [3.8, 4) is 11.8 Å². The molecule has 2 aromatic rings. The number of nitrogens with zero attached hydrogens (tertiary/aromatic N) is 2. The lowest BCUT2D eigenvalue weighted by atomic mass is 10.2. The zero-order valence-electron chi connectivity index (χ0n) is 7.10. The fourth-order valence-electron chi connectivity index (χ4n) is 1.15. The van der Waals surface area contributed by atoms with E-state index in [0.29, 0.717) is 11.3 Å². The van der Waals surface area contributed by atoms with E-state index in [4.69, 9.17) is 5.26 Å². The van der Waals surface area contributed by atoms with Crippen LogP contribution in [0.3, 0.4) is 0 Å². The van der Waals surface area contributed by atoms with Gasteiger partial charge in [0.1, 0.15) is 11.6 Å². The fraction of sp³-hybridized carbons (Fsp3) is 0. The molecule has 0 aliphatic heterocycles. The normalized spacial score (nSPS) is 9.64. The molecule has 0 bridgehead atoms. The number of nitriles is 1. The van der Waals surface area contributed by atoms with Crippen LogP contribution in [-0.4, -0.2) is 5.27 Å². The number of hydrogen-bond acceptors (Lipinski definition) is 3. The van der Waals surface area contributed by atoms with Gasteiger partial charge in [0, 0.05) is 6.07 Å². The Morgan fingerprint density at radius 3 is 2.86 bits per heavy atom. The summed E-state index contributed by atoms with van der Waals surface area (Å²) in [5.74, 6) is 0. The molecule has 1 N–H and O–H groups in total. The van der Waals surface area contributed by atoms with Crippen LogP contribution in [0.25, 0.3) is 5.69 Å². The molecule has 2 rings (SSSR count). The number of aromatic nitrogens is 2. The van der Waals surface area contributed by atoms with E-state index in [2.05, 4.69) is 9.79 Å². The molecule has 0 radical (unpaired) electrons. The minimum atomic E-state index is -0.488. The molecule has 0 saturated heterocycles. The van der Waals surface area contributed by atoms with Gasteiger partial charge in [-0.2, -0.15) is 5.26 Å². The van der Waals surface area contributed by atoms with Gasteiger partial charge in [0.05, 0.1) is 0 Å². The first-order chi connectivity index (χ1) is 6.81. The number of H-pyrrole nitrogens is 1. The highest BCUT2D eigenvalue weighted by molar-refractivity contribution is 5.42. The maximum atomic E-state index is 10.8. The van der Waals surface area contributed by atoms with Crippen LogP contribution >= 0.6 is 0 Å². The van der Waals surface area contributed by atoms with E-state index in [1.165, 1.54) is 10.9 Å². The Morgan fingerprint density at radius 2 is 2.21 bits per heavy atom. The maximum Gasteiger partial charge on any atom is 0.427 e. The molecule has 1 aromatic heterocycles. The summed E-state index contributed by atoms with van der Waals surface area (Å²) in [6.45, 7) is 0. The summed E-state index contributed by atoms with van der Waals surface area (Å²) < 4.78 is 5.85. The van der Waals surface area contributed by atoms with Crippen molar-refractivity contribution < 1.29 is 9.20 Å². The molecular weight excluding hydrogens is 182 g/mol. The van der Waals surface area contributed by atoms with Crippen molar-refractivity contribution in [2.75, 3.05) is 0 Å². The predicted octanol–water partition coefficient (Wildman–Crippen LogP) is 0.116. The number of hydrogen-bond donors (Lipinski definition) is 1. The molecule has 0 atom stereocenters. The summed E-state index contributed by atoms with van der Waals surface area (Å²) in [7, 11) is 0. The van der Waals surface area contributed by atoms with Crippen molar-refractivity contribution in [1.82, 2.24) is 5.27 Å². The number of benzene rings is 1. The summed E-state index contributed by atoms with van der Waals surface area (Å²) >= 11 is 0. The lowest BCUT2D eigenvalue weighted by molar-refractivity contribution is -0.670. The molecule has 0 amide bonds. The second kappa shape index (κ2) is 3.18. The third-order valence-corrected chi connectivity index (χ3v) is 1.76. The Hall–Kier alpha value is -2.35. The predicted molar refractivity (Wildman–Crippen MR) is 45.6 cm³/mol. The molecule has 0 aliphatic carbocycles. The van der Waals surface area contributed by atoms with Crippen LogP contribution in [0.1, 0.15) is 5.56 Å². The van der Waals surface area contributed by atoms with E-state index < -0.39 is 5.63 Å². The second-order valence-electron chi connectivity index (χ2n) is 2.64. The largest absolute Gasteiger partial charge is 0.427 e. The Bertz CT molecular complexity index is 547. The van der Waals surface area contributed by atoms with Crippen LogP contribution in [0.2, 0.25) is 0 Å². The molecule has 1 heterocycles. The van der Waals surface area contributed by atoms with Crippen LogP contribution < -0.4 is 10.3 Å². The Kier molecular flexibility index (Phi) is 1.88. The summed E-state index contributed by atoms with van der Waals surface area (Å²) in [5.41, 5.74) is 0.563. The van der Waals surface area contributed by atoms with Crippen molar-refractivity contribution in [2.45, 2.75) is 0 Å². The van der Waals surface area contributed by atoms with Crippen molar-refractivity contribution >= 4 is 0 Å². The van der Waals surface area contributed by atoms with Gasteiger partial charge in [-0.1, -0.05) is 12.1 Å². The van der Waals surface area contributed by atoms with E-state index in [1.807, 2.05) is 6.07 Å². The highest BCUT2D eigenvalue weighted by Gasteiger charge is 2.14. The first kappa shape index (κ1) is 8.26. The highest BCUT2D eigenvalue weighted by atomic mass is 16.5. The molecule has 0 aliphatic rings. The van der Waals surface area contributed by atoms with Crippen LogP contribution in [0, 0.1) is 11.3 Å². The van der Waals surface area contributed by atoms with Gasteiger partial charge < -0.3 is 0 Å². The molecule has 0 spiro atoms. The molecular formula is C9H6N3O2+. The molecule has 0 fully saturated rings. The van der Waals surface area contributed by atoms with Gasteiger partial charge >= 0.3 is 5.63 Å². The average molecular weight is 188 g/mol. The first-order valence-electron chi connectivity index (χ1n) is 3.91. The Morgan fingerprint density at radius 1 is 1.43 bits per heavy atom. The lowest BCUT2D eigenvalue weighted by Crippen LogP contribution is -2.33. The maximum absolute atomic E-state index is 10.8. The van der Waals surface area contributed by atoms with Crippen LogP contribution in [0.5, 0.6) is 0 Å². The molecule has 5 nitrogen and oxygen atoms in total. The van der Waals surface area contributed by atoms with Gasteiger partial charge in [0.25, 0.3) is 11.9 Å².